The first-order valence-electron chi connectivity index (χ1n) is 7.08. The summed E-state index contributed by atoms with van der Waals surface area (Å²) in [7, 11) is 0. The van der Waals surface area contributed by atoms with Crippen LogP contribution in [0.1, 0.15) is 38.2 Å². The molecule has 1 aromatic heterocycles. The molecule has 0 spiro atoms. The number of amides is 1. The van der Waals surface area contributed by atoms with Crippen molar-refractivity contribution in [1.82, 2.24) is 9.88 Å². The van der Waals surface area contributed by atoms with E-state index in [0.717, 1.165) is 0 Å². The fourth-order valence-corrected chi connectivity index (χ4v) is 3.69. The lowest BCUT2D eigenvalue weighted by molar-refractivity contribution is -0.0664. The van der Waals surface area contributed by atoms with Gasteiger partial charge in [0.05, 0.1) is 6.54 Å². The maximum Gasteiger partial charge on any atom is 0.268 e. The van der Waals surface area contributed by atoms with Gasteiger partial charge in [0, 0.05) is 29.1 Å². The number of carbonyl (C=O) groups excluding carboxylic acids is 1. The van der Waals surface area contributed by atoms with Crippen molar-refractivity contribution in [2.24, 2.45) is 16.6 Å². The van der Waals surface area contributed by atoms with Gasteiger partial charge in [-0.15, -0.1) is 0 Å². The Bertz CT molecular complexity index is 521. The molecule has 4 nitrogen and oxygen atoms in total. The van der Waals surface area contributed by atoms with E-state index in [1.165, 1.54) is 10.8 Å². The Balaban J connectivity index is 2.14. The Morgan fingerprint density at radius 1 is 1.38 bits per heavy atom. The van der Waals surface area contributed by atoms with Crippen LogP contribution >= 0.6 is 0 Å². The second kappa shape index (κ2) is 5.09. The predicted octanol–water partition coefficient (Wildman–Crippen LogP) is 2.24. The third-order valence-electron chi connectivity index (χ3n) is 4.76. The SMILES string of the molecule is CC1(C)C(N)C(C)(C)C1NC(=O)c1cccn1CC(F)F. The van der Waals surface area contributed by atoms with Crippen molar-refractivity contribution in [2.45, 2.75) is 52.7 Å². The molecule has 3 N–H and O–H groups in total. The van der Waals surface area contributed by atoms with Crippen molar-refractivity contribution in [2.75, 3.05) is 0 Å². The first-order chi connectivity index (χ1) is 9.58. The lowest BCUT2D eigenvalue weighted by atomic mass is 9.48. The highest BCUT2D eigenvalue weighted by Crippen LogP contribution is 2.52. The topological polar surface area (TPSA) is 60.0 Å². The monoisotopic (exact) mass is 299 g/mol. The smallest absolute Gasteiger partial charge is 0.268 e. The van der Waals surface area contributed by atoms with Gasteiger partial charge in [-0.3, -0.25) is 4.79 Å². The van der Waals surface area contributed by atoms with Crippen LogP contribution in [0.15, 0.2) is 18.3 Å². The molecule has 6 heteroatoms. The molecule has 1 heterocycles. The van der Waals surface area contributed by atoms with Crippen LogP contribution in [-0.4, -0.2) is 29.0 Å². The van der Waals surface area contributed by atoms with E-state index in [1.54, 1.807) is 12.1 Å². The average molecular weight is 299 g/mol. The van der Waals surface area contributed by atoms with E-state index in [2.05, 4.69) is 5.32 Å². The zero-order valence-electron chi connectivity index (χ0n) is 12.9. The highest BCUT2D eigenvalue weighted by atomic mass is 19.3. The highest BCUT2D eigenvalue weighted by molar-refractivity contribution is 5.93. The summed E-state index contributed by atoms with van der Waals surface area (Å²) in [5, 5.41) is 2.96. The zero-order valence-corrected chi connectivity index (χ0v) is 12.9. The van der Waals surface area contributed by atoms with Gasteiger partial charge in [-0.25, -0.2) is 8.78 Å². The summed E-state index contributed by atoms with van der Waals surface area (Å²) in [6.07, 6.45) is -1.00. The maximum atomic E-state index is 12.5. The molecule has 0 bridgehead atoms. The molecular formula is C15H23F2N3O. The number of halogens is 2. The van der Waals surface area contributed by atoms with E-state index in [1.807, 2.05) is 27.7 Å². The molecule has 1 aromatic rings. The molecule has 0 atom stereocenters. The standard InChI is InChI=1S/C15H23F2N3O/c1-14(2)12(18)15(3,4)13(14)19-11(21)9-6-5-7-20(9)8-10(16)17/h5-7,10,12-13H,8,18H2,1-4H3,(H,19,21). The minimum absolute atomic E-state index is 0.0249. The molecule has 0 unspecified atom stereocenters. The van der Waals surface area contributed by atoms with E-state index < -0.39 is 13.0 Å². The molecule has 0 aromatic carbocycles. The lowest BCUT2D eigenvalue weighted by Gasteiger charge is -2.62. The van der Waals surface area contributed by atoms with Gasteiger partial charge < -0.3 is 15.6 Å². The number of nitrogens with one attached hydrogen (secondary N) is 1. The fraction of sp³-hybridized carbons (Fsp3) is 0.667. The van der Waals surface area contributed by atoms with Crippen molar-refractivity contribution in [3.05, 3.63) is 24.0 Å². The number of aromatic nitrogens is 1. The van der Waals surface area contributed by atoms with Gasteiger partial charge in [0.15, 0.2) is 0 Å². The van der Waals surface area contributed by atoms with Gasteiger partial charge in [0.25, 0.3) is 12.3 Å². The molecule has 1 amide bonds. The Kier molecular flexibility index (Phi) is 3.86. The Morgan fingerprint density at radius 2 is 1.95 bits per heavy atom. The third kappa shape index (κ3) is 2.57. The zero-order chi connectivity index (χ0) is 16.0. The second-order valence-corrected chi connectivity index (χ2v) is 6.96. The van der Waals surface area contributed by atoms with E-state index in [0.29, 0.717) is 0 Å². The first kappa shape index (κ1) is 15.9. The van der Waals surface area contributed by atoms with E-state index >= 15 is 0 Å². The highest BCUT2D eigenvalue weighted by Gasteiger charge is 2.60. The summed E-state index contributed by atoms with van der Waals surface area (Å²) in [6, 6.07) is 3.03. The quantitative estimate of drug-likeness (QED) is 0.896. The molecule has 0 aliphatic heterocycles. The lowest BCUT2D eigenvalue weighted by Crippen LogP contribution is -2.76. The third-order valence-corrected chi connectivity index (χ3v) is 4.76. The minimum atomic E-state index is -2.49. The number of hydrogen-bond acceptors (Lipinski definition) is 2. The Labute approximate surface area is 123 Å². The van der Waals surface area contributed by atoms with Gasteiger partial charge in [-0.1, -0.05) is 27.7 Å². The molecule has 2 rings (SSSR count). The average Bonchev–Trinajstić information content (AvgIpc) is 2.81. The summed E-state index contributed by atoms with van der Waals surface area (Å²) >= 11 is 0. The van der Waals surface area contributed by atoms with Crippen molar-refractivity contribution in [3.63, 3.8) is 0 Å². The molecular weight excluding hydrogens is 276 g/mol. The summed E-state index contributed by atoms with van der Waals surface area (Å²) in [4.78, 5) is 12.4. The predicted molar refractivity (Wildman–Crippen MR) is 77.2 cm³/mol. The van der Waals surface area contributed by atoms with E-state index in [-0.39, 0.29) is 34.5 Å². The minimum Gasteiger partial charge on any atom is -0.347 e. The molecule has 21 heavy (non-hydrogen) atoms. The number of rotatable bonds is 4. The van der Waals surface area contributed by atoms with Crippen LogP contribution in [0, 0.1) is 10.8 Å². The van der Waals surface area contributed by atoms with Crippen LogP contribution in [0.5, 0.6) is 0 Å². The summed E-state index contributed by atoms with van der Waals surface area (Å²) < 4.78 is 26.3. The van der Waals surface area contributed by atoms with Crippen molar-refractivity contribution >= 4 is 5.91 Å². The Hall–Kier alpha value is -1.43. The number of nitrogens with two attached hydrogens (primary N) is 1. The normalized spacial score (nSPS) is 26.5. The molecule has 1 saturated carbocycles. The molecule has 1 aliphatic rings. The second-order valence-electron chi connectivity index (χ2n) is 6.96. The van der Waals surface area contributed by atoms with Gasteiger partial charge in [-0.2, -0.15) is 0 Å². The number of carbonyl (C=O) groups is 1. The number of alkyl halides is 2. The van der Waals surface area contributed by atoms with E-state index in [9.17, 15) is 13.6 Å². The number of hydrogen-bond donors (Lipinski definition) is 2. The largest absolute Gasteiger partial charge is 0.347 e. The van der Waals surface area contributed by atoms with Crippen molar-refractivity contribution < 1.29 is 13.6 Å². The summed E-state index contributed by atoms with van der Waals surface area (Å²) in [5.41, 5.74) is 5.97. The van der Waals surface area contributed by atoms with Gasteiger partial charge in [0.2, 0.25) is 0 Å². The molecule has 1 fully saturated rings. The molecule has 118 valence electrons. The molecule has 1 aliphatic carbocycles. The van der Waals surface area contributed by atoms with Gasteiger partial charge in [0.1, 0.15) is 5.69 Å². The Morgan fingerprint density at radius 3 is 2.48 bits per heavy atom. The van der Waals surface area contributed by atoms with Crippen LogP contribution in [0.4, 0.5) is 8.78 Å². The van der Waals surface area contributed by atoms with Gasteiger partial charge >= 0.3 is 0 Å². The molecule has 0 radical (unpaired) electrons. The molecule has 0 saturated heterocycles. The van der Waals surface area contributed by atoms with Crippen LogP contribution in [-0.2, 0) is 6.54 Å². The summed E-state index contributed by atoms with van der Waals surface area (Å²) in [6.45, 7) is 7.54. The van der Waals surface area contributed by atoms with Crippen LogP contribution in [0.25, 0.3) is 0 Å². The van der Waals surface area contributed by atoms with Crippen LogP contribution in [0.3, 0.4) is 0 Å². The first-order valence-corrected chi connectivity index (χ1v) is 7.08. The maximum absolute atomic E-state index is 12.5. The van der Waals surface area contributed by atoms with Crippen LogP contribution in [0.2, 0.25) is 0 Å². The van der Waals surface area contributed by atoms with Crippen molar-refractivity contribution in [1.29, 1.82) is 0 Å². The van der Waals surface area contributed by atoms with Crippen LogP contribution < -0.4 is 11.1 Å². The fourth-order valence-electron chi connectivity index (χ4n) is 3.69. The number of nitrogens with zero attached hydrogens (tertiary/aromatic N) is 1. The van der Waals surface area contributed by atoms with Crippen molar-refractivity contribution in [3.8, 4) is 0 Å². The van der Waals surface area contributed by atoms with E-state index in [4.69, 9.17) is 5.73 Å². The summed E-state index contributed by atoms with van der Waals surface area (Å²) in [5.74, 6) is -0.335. The van der Waals surface area contributed by atoms with Gasteiger partial charge in [-0.05, 0) is 12.1 Å².